The first-order valence-electron chi connectivity index (χ1n) is 5.42. The fourth-order valence-electron chi connectivity index (χ4n) is 1.14. The Labute approximate surface area is 111 Å². The molecule has 0 spiro atoms. The molecule has 0 heterocycles. The Balaban J connectivity index is 2.68. The van der Waals surface area contributed by atoms with E-state index < -0.39 is 21.9 Å². The zero-order chi connectivity index (χ0) is 14.5. The molecule has 2 N–H and O–H groups in total. The van der Waals surface area contributed by atoms with Crippen LogP contribution >= 0.6 is 0 Å². The molecule has 8 heteroatoms. The van der Waals surface area contributed by atoms with E-state index in [1.807, 2.05) is 6.92 Å². The number of hydrogen-bond donors (Lipinski definition) is 2. The normalized spacial score (nSPS) is 10.8. The lowest BCUT2D eigenvalue weighted by Crippen LogP contribution is -2.45. The van der Waals surface area contributed by atoms with Crippen molar-refractivity contribution in [2.75, 3.05) is 6.61 Å². The Morgan fingerprint density at radius 2 is 1.79 bits per heavy atom. The molecule has 1 aromatic rings. The van der Waals surface area contributed by atoms with Gasteiger partial charge in [0.1, 0.15) is 0 Å². The first-order valence-corrected chi connectivity index (χ1v) is 6.90. The number of hydrazine groups is 1. The summed E-state index contributed by atoms with van der Waals surface area (Å²) in [6, 6.07) is 5.99. The van der Waals surface area contributed by atoms with Crippen molar-refractivity contribution in [1.29, 1.82) is 0 Å². The number of ether oxygens (including phenoxy) is 1. The minimum Gasteiger partial charge on any atom is -0.459 e. The summed E-state index contributed by atoms with van der Waals surface area (Å²) in [6.45, 7) is 3.37. The van der Waals surface area contributed by atoms with Crippen LogP contribution in [0.1, 0.15) is 12.5 Å². The van der Waals surface area contributed by atoms with Gasteiger partial charge < -0.3 is 4.74 Å². The van der Waals surface area contributed by atoms with Crippen molar-refractivity contribution in [3.63, 3.8) is 0 Å². The van der Waals surface area contributed by atoms with Gasteiger partial charge in [0.05, 0.1) is 11.5 Å². The number of carbonyl (C=O) groups excluding carboxylic acids is 2. The first-order chi connectivity index (χ1) is 8.86. The third kappa shape index (κ3) is 4.34. The summed E-state index contributed by atoms with van der Waals surface area (Å²) >= 11 is 0. The fraction of sp³-hybridized carbons (Fsp3) is 0.273. The molecule has 0 aliphatic carbocycles. The van der Waals surface area contributed by atoms with Crippen LogP contribution in [0.5, 0.6) is 0 Å². The molecule has 19 heavy (non-hydrogen) atoms. The van der Waals surface area contributed by atoms with E-state index in [0.29, 0.717) is 0 Å². The predicted octanol–water partition coefficient (Wildman–Crippen LogP) is -0.132. The van der Waals surface area contributed by atoms with Crippen LogP contribution in [0.15, 0.2) is 29.2 Å². The Kier molecular flexibility index (Phi) is 5.02. The Morgan fingerprint density at radius 1 is 1.21 bits per heavy atom. The number of carbonyl (C=O) groups is 2. The van der Waals surface area contributed by atoms with Crippen LogP contribution in [0.4, 0.5) is 0 Å². The van der Waals surface area contributed by atoms with Crippen LogP contribution in [0.2, 0.25) is 0 Å². The van der Waals surface area contributed by atoms with Gasteiger partial charge >= 0.3 is 11.9 Å². The van der Waals surface area contributed by atoms with Crippen LogP contribution in [-0.2, 0) is 24.3 Å². The second kappa shape index (κ2) is 6.30. The molecule has 0 aliphatic heterocycles. The molecule has 7 nitrogen and oxygen atoms in total. The quantitative estimate of drug-likeness (QED) is 0.456. The van der Waals surface area contributed by atoms with E-state index in [9.17, 15) is 18.0 Å². The summed E-state index contributed by atoms with van der Waals surface area (Å²) in [5.74, 6) is -2.34. The van der Waals surface area contributed by atoms with E-state index in [1.54, 1.807) is 22.4 Å². The number of rotatable bonds is 4. The summed E-state index contributed by atoms with van der Waals surface area (Å²) in [7, 11) is -3.91. The Morgan fingerprint density at radius 3 is 2.32 bits per heavy atom. The van der Waals surface area contributed by atoms with Crippen molar-refractivity contribution in [3.05, 3.63) is 29.8 Å². The molecular weight excluding hydrogens is 272 g/mol. The van der Waals surface area contributed by atoms with E-state index in [4.69, 9.17) is 0 Å². The van der Waals surface area contributed by atoms with Gasteiger partial charge in [-0.05, 0) is 26.0 Å². The molecule has 0 aromatic heterocycles. The average Bonchev–Trinajstić information content (AvgIpc) is 2.37. The molecule has 0 radical (unpaired) electrons. The monoisotopic (exact) mass is 286 g/mol. The van der Waals surface area contributed by atoms with Crippen LogP contribution in [0.25, 0.3) is 0 Å². The van der Waals surface area contributed by atoms with Gasteiger partial charge in [0.2, 0.25) is 0 Å². The lowest BCUT2D eigenvalue weighted by Gasteiger charge is -2.07. The third-order valence-corrected chi connectivity index (χ3v) is 3.35. The van der Waals surface area contributed by atoms with Crippen LogP contribution < -0.4 is 10.3 Å². The van der Waals surface area contributed by atoms with Gasteiger partial charge in [-0.25, -0.2) is 13.2 Å². The number of hydrogen-bond acceptors (Lipinski definition) is 5. The van der Waals surface area contributed by atoms with E-state index in [2.05, 4.69) is 4.74 Å². The highest BCUT2D eigenvalue weighted by atomic mass is 32.2. The predicted molar refractivity (Wildman–Crippen MR) is 66.3 cm³/mol. The summed E-state index contributed by atoms with van der Waals surface area (Å²) < 4.78 is 27.9. The van der Waals surface area contributed by atoms with E-state index in [-0.39, 0.29) is 11.5 Å². The standard InChI is InChI=1S/C11H14N2O5S/c1-3-18-11(15)10(14)12-13-19(16,17)9-6-4-8(2)5-7-9/h4-7,13H,3H2,1-2H3,(H,12,14). The van der Waals surface area contributed by atoms with Crippen molar-refractivity contribution >= 4 is 21.9 Å². The maximum Gasteiger partial charge on any atom is 0.398 e. The van der Waals surface area contributed by atoms with Crippen LogP contribution in [0, 0.1) is 6.92 Å². The molecule has 104 valence electrons. The number of sulfonamides is 1. The molecule has 0 aliphatic rings. The fourth-order valence-corrected chi connectivity index (χ4v) is 1.98. The molecule has 0 unspecified atom stereocenters. The summed E-state index contributed by atoms with van der Waals surface area (Å²) in [5, 5.41) is 0. The minimum absolute atomic E-state index is 0.0248. The van der Waals surface area contributed by atoms with Gasteiger partial charge in [-0.15, -0.1) is 4.83 Å². The van der Waals surface area contributed by atoms with Gasteiger partial charge in [-0.1, -0.05) is 17.7 Å². The number of esters is 1. The lowest BCUT2D eigenvalue weighted by molar-refractivity contribution is -0.154. The van der Waals surface area contributed by atoms with Crippen LogP contribution in [-0.4, -0.2) is 26.9 Å². The molecule has 0 fully saturated rings. The maximum absolute atomic E-state index is 11.8. The highest BCUT2D eigenvalue weighted by Crippen LogP contribution is 2.08. The summed E-state index contributed by atoms with van der Waals surface area (Å²) in [5.41, 5.74) is 2.67. The number of benzene rings is 1. The van der Waals surface area contributed by atoms with Crippen molar-refractivity contribution < 1.29 is 22.7 Å². The Hall–Kier alpha value is -1.93. The van der Waals surface area contributed by atoms with Gasteiger partial charge in [0.25, 0.3) is 10.0 Å². The van der Waals surface area contributed by atoms with E-state index in [0.717, 1.165) is 5.56 Å². The second-order valence-electron chi connectivity index (χ2n) is 3.59. The van der Waals surface area contributed by atoms with Gasteiger partial charge in [0.15, 0.2) is 0 Å². The van der Waals surface area contributed by atoms with Gasteiger partial charge in [0, 0.05) is 0 Å². The highest BCUT2D eigenvalue weighted by molar-refractivity contribution is 7.89. The number of nitrogens with one attached hydrogen (secondary N) is 2. The maximum atomic E-state index is 11.8. The van der Waals surface area contributed by atoms with Crippen LogP contribution in [0.3, 0.4) is 0 Å². The molecule has 0 saturated heterocycles. The first kappa shape index (κ1) is 15.1. The minimum atomic E-state index is -3.91. The molecular formula is C11H14N2O5S. The van der Waals surface area contributed by atoms with E-state index in [1.165, 1.54) is 19.1 Å². The molecule has 1 rings (SSSR count). The largest absolute Gasteiger partial charge is 0.459 e. The van der Waals surface area contributed by atoms with E-state index >= 15 is 0 Å². The van der Waals surface area contributed by atoms with Crippen molar-refractivity contribution in [2.24, 2.45) is 0 Å². The smallest absolute Gasteiger partial charge is 0.398 e. The molecule has 0 bridgehead atoms. The van der Waals surface area contributed by atoms with Crippen molar-refractivity contribution in [1.82, 2.24) is 10.3 Å². The van der Waals surface area contributed by atoms with Gasteiger partial charge in [-0.2, -0.15) is 0 Å². The highest BCUT2D eigenvalue weighted by Gasteiger charge is 2.19. The molecule has 0 saturated carbocycles. The summed E-state index contributed by atoms with van der Waals surface area (Å²) in [6.07, 6.45) is 0. The topological polar surface area (TPSA) is 102 Å². The third-order valence-electron chi connectivity index (χ3n) is 2.09. The molecule has 0 atom stereocenters. The van der Waals surface area contributed by atoms with Crippen molar-refractivity contribution in [2.45, 2.75) is 18.7 Å². The average molecular weight is 286 g/mol. The lowest BCUT2D eigenvalue weighted by atomic mass is 10.2. The summed E-state index contributed by atoms with van der Waals surface area (Å²) in [4.78, 5) is 23.9. The Bertz CT molecular complexity index is 565. The zero-order valence-corrected chi connectivity index (χ0v) is 11.3. The number of amides is 1. The number of aryl methyl sites for hydroxylation is 1. The molecule has 1 amide bonds. The van der Waals surface area contributed by atoms with Gasteiger partial charge in [-0.3, -0.25) is 10.2 Å². The van der Waals surface area contributed by atoms with Crippen molar-refractivity contribution in [3.8, 4) is 0 Å². The SMILES string of the molecule is CCOC(=O)C(=O)NNS(=O)(=O)c1ccc(C)cc1. The zero-order valence-electron chi connectivity index (χ0n) is 10.5. The molecule has 1 aromatic carbocycles. The second-order valence-corrected chi connectivity index (χ2v) is 5.28.